The molecule has 1 heterocycles. The third kappa shape index (κ3) is 9.62. The van der Waals surface area contributed by atoms with Gasteiger partial charge in [0.2, 0.25) is 0 Å². The number of ether oxygens (including phenoxy) is 1. The van der Waals surface area contributed by atoms with E-state index in [0.29, 0.717) is 25.3 Å². The number of furan rings is 1. The summed E-state index contributed by atoms with van der Waals surface area (Å²) < 4.78 is 10.8. The lowest BCUT2D eigenvalue weighted by molar-refractivity contribution is 0.0827. The van der Waals surface area contributed by atoms with Crippen molar-refractivity contribution in [1.29, 1.82) is 0 Å². The van der Waals surface area contributed by atoms with Crippen LogP contribution in [0.3, 0.4) is 0 Å². The van der Waals surface area contributed by atoms with Gasteiger partial charge in [0, 0.05) is 45.9 Å². The highest BCUT2D eigenvalue weighted by atomic mass is 127. The lowest BCUT2D eigenvalue weighted by atomic mass is 10.1. The minimum absolute atomic E-state index is 0. The van der Waals surface area contributed by atoms with Gasteiger partial charge in [-0.25, -0.2) is 0 Å². The molecule has 0 aliphatic rings. The van der Waals surface area contributed by atoms with Crippen molar-refractivity contribution < 1.29 is 13.9 Å². The molecule has 0 unspecified atom stereocenters. The highest BCUT2D eigenvalue weighted by Gasteiger charge is 2.08. The van der Waals surface area contributed by atoms with Crippen LogP contribution in [0, 0.1) is 0 Å². The summed E-state index contributed by atoms with van der Waals surface area (Å²) in [5.41, 5.74) is 1.83. The van der Waals surface area contributed by atoms with Crippen molar-refractivity contribution in [3.05, 3.63) is 59.5 Å². The molecular weight excluding hydrogens is 495 g/mol. The molecule has 1 aromatic carbocycles. The van der Waals surface area contributed by atoms with Crippen LogP contribution in [0.4, 0.5) is 0 Å². The van der Waals surface area contributed by atoms with Gasteiger partial charge in [0.05, 0.1) is 6.26 Å². The van der Waals surface area contributed by atoms with E-state index in [1.165, 1.54) is 0 Å². The van der Waals surface area contributed by atoms with Crippen LogP contribution in [-0.4, -0.2) is 57.1 Å². The predicted molar refractivity (Wildman–Crippen MR) is 131 cm³/mol. The maximum absolute atomic E-state index is 12.1. The molecule has 30 heavy (non-hydrogen) atoms. The van der Waals surface area contributed by atoms with E-state index in [-0.39, 0.29) is 29.9 Å². The van der Waals surface area contributed by atoms with Crippen LogP contribution >= 0.6 is 24.0 Å². The van der Waals surface area contributed by atoms with Crippen LogP contribution in [0.5, 0.6) is 0 Å². The summed E-state index contributed by atoms with van der Waals surface area (Å²) in [4.78, 5) is 18.3. The van der Waals surface area contributed by atoms with E-state index in [0.717, 1.165) is 43.2 Å². The Morgan fingerprint density at radius 3 is 2.73 bits per heavy atom. The fourth-order valence-corrected chi connectivity index (χ4v) is 2.71. The van der Waals surface area contributed by atoms with Gasteiger partial charge in [-0.05, 0) is 49.6 Å². The topological polar surface area (TPSA) is 79.1 Å². The molecule has 0 radical (unpaired) electrons. The Labute approximate surface area is 196 Å². The number of hydrogen-bond acceptors (Lipinski definition) is 4. The number of nitrogens with zero attached hydrogens (tertiary/aromatic N) is 2. The van der Waals surface area contributed by atoms with Crippen LogP contribution in [0.15, 0.2) is 52.1 Å². The number of aliphatic imine (C=N–C) groups is 1. The van der Waals surface area contributed by atoms with Crippen LogP contribution in [0.25, 0.3) is 0 Å². The lowest BCUT2D eigenvalue weighted by Gasteiger charge is -2.13. The Kier molecular flexibility index (Phi) is 12.8. The number of hydrogen-bond donors (Lipinski definition) is 2. The van der Waals surface area contributed by atoms with E-state index in [1.807, 2.05) is 43.3 Å². The van der Waals surface area contributed by atoms with Crippen LogP contribution in [-0.2, 0) is 17.8 Å². The predicted octanol–water partition coefficient (Wildman–Crippen LogP) is 3.30. The summed E-state index contributed by atoms with van der Waals surface area (Å²) in [7, 11) is 3.52. The van der Waals surface area contributed by atoms with E-state index < -0.39 is 0 Å². The van der Waals surface area contributed by atoms with E-state index in [1.54, 1.807) is 25.3 Å². The Morgan fingerprint density at radius 2 is 2.03 bits per heavy atom. The quantitative estimate of drug-likeness (QED) is 0.203. The highest BCUT2D eigenvalue weighted by Crippen LogP contribution is 2.08. The summed E-state index contributed by atoms with van der Waals surface area (Å²) in [6.07, 6.45) is 3.30. The Bertz CT molecular complexity index is 764. The van der Waals surface area contributed by atoms with Gasteiger partial charge in [-0.1, -0.05) is 12.1 Å². The van der Waals surface area contributed by atoms with E-state index >= 15 is 0 Å². The van der Waals surface area contributed by atoms with Gasteiger partial charge < -0.3 is 24.7 Å². The van der Waals surface area contributed by atoms with Gasteiger partial charge >= 0.3 is 0 Å². The third-order valence-electron chi connectivity index (χ3n) is 4.17. The standard InChI is InChI=1S/C22H32N4O3.HI/c1-4-23-22(24-12-7-14-28-17-20-10-6-15-29-20)25-13-11-18-8-5-9-19(16-18)21(27)26(2)3;/h5-6,8-10,15-16H,4,7,11-14,17H2,1-3H3,(H2,23,24,25);1H. The van der Waals surface area contributed by atoms with E-state index in [2.05, 4.69) is 15.6 Å². The first-order valence-corrected chi connectivity index (χ1v) is 10.0. The number of carbonyl (C=O) groups is 1. The normalized spacial score (nSPS) is 11.0. The lowest BCUT2D eigenvalue weighted by Crippen LogP contribution is -2.38. The van der Waals surface area contributed by atoms with Gasteiger partial charge in [0.25, 0.3) is 5.91 Å². The number of halogens is 1. The summed E-state index contributed by atoms with van der Waals surface area (Å²) in [5.74, 6) is 1.64. The molecule has 0 saturated heterocycles. The van der Waals surface area contributed by atoms with Crippen molar-refractivity contribution in [2.75, 3.05) is 40.3 Å². The summed E-state index contributed by atoms with van der Waals surface area (Å²) >= 11 is 0. The molecule has 0 saturated carbocycles. The molecule has 1 aromatic heterocycles. The molecule has 8 heteroatoms. The molecule has 2 aromatic rings. The number of guanidine groups is 1. The fraction of sp³-hybridized carbons (Fsp3) is 0.455. The Morgan fingerprint density at radius 1 is 1.20 bits per heavy atom. The van der Waals surface area contributed by atoms with E-state index in [4.69, 9.17) is 9.15 Å². The van der Waals surface area contributed by atoms with Gasteiger partial charge in [-0.3, -0.25) is 9.79 Å². The molecule has 0 aliphatic carbocycles. The first-order chi connectivity index (χ1) is 14.1. The zero-order valence-electron chi connectivity index (χ0n) is 18.0. The van der Waals surface area contributed by atoms with Crippen LogP contribution in [0.2, 0.25) is 0 Å². The molecule has 2 N–H and O–H groups in total. The molecule has 0 spiro atoms. The monoisotopic (exact) mass is 528 g/mol. The summed E-state index contributed by atoms with van der Waals surface area (Å²) in [6, 6.07) is 11.5. The van der Waals surface area contributed by atoms with Gasteiger partial charge in [0.1, 0.15) is 12.4 Å². The van der Waals surface area contributed by atoms with Crippen LogP contribution in [0.1, 0.15) is 35.0 Å². The van der Waals surface area contributed by atoms with Crippen molar-refractivity contribution in [2.24, 2.45) is 4.99 Å². The first-order valence-electron chi connectivity index (χ1n) is 10.0. The average molecular weight is 528 g/mol. The average Bonchev–Trinajstić information content (AvgIpc) is 3.23. The highest BCUT2D eigenvalue weighted by molar-refractivity contribution is 14.0. The molecule has 2 rings (SSSR count). The zero-order valence-corrected chi connectivity index (χ0v) is 20.3. The first kappa shape index (κ1) is 26.0. The summed E-state index contributed by atoms with van der Waals surface area (Å²) in [6.45, 7) is 5.38. The molecule has 1 amide bonds. The summed E-state index contributed by atoms with van der Waals surface area (Å²) in [5, 5.41) is 6.59. The minimum atomic E-state index is 0. The number of benzene rings is 1. The van der Waals surface area contributed by atoms with E-state index in [9.17, 15) is 4.79 Å². The third-order valence-corrected chi connectivity index (χ3v) is 4.17. The number of nitrogens with one attached hydrogen (secondary N) is 2. The number of carbonyl (C=O) groups excluding carboxylic acids is 1. The van der Waals surface area contributed by atoms with Crippen LogP contribution < -0.4 is 10.6 Å². The second kappa shape index (κ2) is 14.8. The Hall–Kier alpha value is -2.07. The molecule has 0 atom stereocenters. The molecule has 166 valence electrons. The van der Waals surface area contributed by atoms with Crippen molar-refractivity contribution in [3.63, 3.8) is 0 Å². The molecule has 0 aliphatic heterocycles. The van der Waals surface area contributed by atoms with Gasteiger partial charge in [-0.15, -0.1) is 24.0 Å². The van der Waals surface area contributed by atoms with Gasteiger partial charge in [0.15, 0.2) is 5.96 Å². The number of rotatable bonds is 11. The maximum Gasteiger partial charge on any atom is 0.253 e. The fourth-order valence-electron chi connectivity index (χ4n) is 2.71. The van der Waals surface area contributed by atoms with Crippen molar-refractivity contribution >= 4 is 35.8 Å². The molecule has 0 fully saturated rings. The largest absolute Gasteiger partial charge is 0.467 e. The molecular formula is C22H33IN4O3. The second-order valence-electron chi connectivity index (χ2n) is 6.82. The smallest absolute Gasteiger partial charge is 0.253 e. The Balaban J connectivity index is 0.00000450. The second-order valence-corrected chi connectivity index (χ2v) is 6.82. The van der Waals surface area contributed by atoms with Crippen molar-refractivity contribution in [3.8, 4) is 0 Å². The SMILES string of the molecule is CCNC(=NCCCOCc1ccco1)NCCc1cccc(C(=O)N(C)C)c1.I. The molecule has 7 nitrogen and oxygen atoms in total. The number of amides is 1. The van der Waals surface area contributed by atoms with Crippen molar-refractivity contribution in [2.45, 2.75) is 26.4 Å². The zero-order chi connectivity index (χ0) is 20.9. The van der Waals surface area contributed by atoms with Gasteiger partial charge in [-0.2, -0.15) is 0 Å². The van der Waals surface area contributed by atoms with Crippen molar-refractivity contribution in [1.82, 2.24) is 15.5 Å². The maximum atomic E-state index is 12.1. The minimum Gasteiger partial charge on any atom is -0.467 e. The molecule has 0 bridgehead atoms.